The van der Waals surface area contributed by atoms with Crippen LogP contribution in [-0.4, -0.2) is 58.2 Å². The van der Waals surface area contributed by atoms with Gasteiger partial charge < -0.3 is 10.0 Å². The number of aliphatic carboxylic acids is 1. The molecule has 2 bridgehead atoms. The Morgan fingerprint density at radius 1 is 1.32 bits per heavy atom. The number of hydrogen-bond acceptors (Lipinski definition) is 5. The van der Waals surface area contributed by atoms with Crippen LogP contribution in [0.15, 0.2) is 18.6 Å². The van der Waals surface area contributed by atoms with Crippen LogP contribution in [0.3, 0.4) is 0 Å². The maximum absolute atomic E-state index is 10.9. The molecular formula is C13H18N4O2. The summed E-state index contributed by atoms with van der Waals surface area (Å²) in [6.45, 7) is 2.83. The third-order valence-corrected chi connectivity index (χ3v) is 4.04. The van der Waals surface area contributed by atoms with Crippen LogP contribution in [0.25, 0.3) is 0 Å². The Balaban J connectivity index is 1.77. The predicted octanol–water partition coefficient (Wildman–Crippen LogP) is 0.462. The van der Waals surface area contributed by atoms with Crippen molar-refractivity contribution in [3.63, 3.8) is 0 Å². The molecule has 0 aliphatic carbocycles. The van der Waals surface area contributed by atoms with Crippen molar-refractivity contribution in [2.24, 2.45) is 5.92 Å². The van der Waals surface area contributed by atoms with Gasteiger partial charge in [-0.15, -0.1) is 0 Å². The van der Waals surface area contributed by atoms with Gasteiger partial charge in [-0.25, -0.2) is 4.98 Å². The lowest BCUT2D eigenvalue weighted by Crippen LogP contribution is -2.46. The number of carboxylic acid groups (broad SMARTS) is 1. The summed E-state index contributed by atoms with van der Waals surface area (Å²) >= 11 is 0. The fourth-order valence-corrected chi connectivity index (χ4v) is 3.19. The van der Waals surface area contributed by atoms with Crippen LogP contribution in [0.4, 0.5) is 5.82 Å². The topological polar surface area (TPSA) is 69.6 Å². The summed E-state index contributed by atoms with van der Waals surface area (Å²) in [6.07, 6.45) is 7.42. The fourth-order valence-electron chi connectivity index (χ4n) is 3.19. The highest BCUT2D eigenvalue weighted by atomic mass is 16.4. The molecule has 0 spiro atoms. The molecule has 3 fully saturated rings. The number of hydrogen-bond donors (Lipinski definition) is 1. The summed E-state index contributed by atoms with van der Waals surface area (Å²) in [4.78, 5) is 23.8. The zero-order valence-electron chi connectivity index (χ0n) is 10.8. The van der Waals surface area contributed by atoms with Gasteiger partial charge in [-0.05, 0) is 18.8 Å². The van der Waals surface area contributed by atoms with Crippen LogP contribution in [0.5, 0.6) is 0 Å². The molecule has 4 rings (SSSR count). The van der Waals surface area contributed by atoms with Gasteiger partial charge in [0.2, 0.25) is 0 Å². The van der Waals surface area contributed by atoms with Crippen LogP contribution < -0.4 is 4.90 Å². The van der Waals surface area contributed by atoms with E-state index in [4.69, 9.17) is 5.11 Å². The first kappa shape index (κ1) is 12.3. The minimum atomic E-state index is -0.737. The number of carboxylic acids is 1. The van der Waals surface area contributed by atoms with Crippen molar-refractivity contribution in [2.45, 2.75) is 18.9 Å². The first-order chi connectivity index (χ1) is 9.22. The van der Waals surface area contributed by atoms with Crippen molar-refractivity contribution in [1.82, 2.24) is 14.9 Å². The Labute approximate surface area is 112 Å². The minimum Gasteiger partial charge on any atom is -0.480 e. The molecule has 0 aromatic carbocycles. The van der Waals surface area contributed by atoms with Gasteiger partial charge in [0.1, 0.15) is 5.82 Å². The van der Waals surface area contributed by atoms with Gasteiger partial charge in [0.05, 0.1) is 12.7 Å². The number of piperidine rings is 1. The molecule has 1 aromatic rings. The summed E-state index contributed by atoms with van der Waals surface area (Å²) in [5, 5.41) is 8.99. The van der Waals surface area contributed by atoms with E-state index in [1.54, 1.807) is 18.6 Å². The van der Waals surface area contributed by atoms with Crippen molar-refractivity contribution in [2.75, 3.05) is 31.1 Å². The van der Waals surface area contributed by atoms with Crippen molar-refractivity contribution < 1.29 is 9.90 Å². The van der Waals surface area contributed by atoms with Crippen molar-refractivity contribution in [3.05, 3.63) is 18.6 Å². The molecule has 0 radical (unpaired) electrons. The van der Waals surface area contributed by atoms with Gasteiger partial charge in [-0.3, -0.25) is 14.7 Å². The second-order valence-corrected chi connectivity index (χ2v) is 5.39. The van der Waals surface area contributed by atoms with Crippen LogP contribution in [0.1, 0.15) is 12.8 Å². The van der Waals surface area contributed by atoms with Crippen molar-refractivity contribution in [3.8, 4) is 0 Å². The molecule has 0 amide bonds. The quantitative estimate of drug-likeness (QED) is 0.853. The normalized spacial score (nSPS) is 27.3. The first-order valence-corrected chi connectivity index (χ1v) is 6.69. The molecule has 6 heteroatoms. The Kier molecular flexibility index (Phi) is 3.33. The molecule has 6 nitrogen and oxygen atoms in total. The van der Waals surface area contributed by atoms with E-state index >= 15 is 0 Å². The van der Waals surface area contributed by atoms with E-state index in [2.05, 4.69) is 19.8 Å². The fraction of sp³-hybridized carbons (Fsp3) is 0.615. The van der Waals surface area contributed by atoms with E-state index in [-0.39, 0.29) is 6.54 Å². The van der Waals surface area contributed by atoms with Gasteiger partial charge >= 0.3 is 5.97 Å². The lowest BCUT2D eigenvalue weighted by Gasteiger charge is -2.34. The number of carbonyl (C=O) groups is 1. The molecule has 0 unspecified atom stereocenters. The van der Waals surface area contributed by atoms with Crippen LogP contribution >= 0.6 is 0 Å². The van der Waals surface area contributed by atoms with Crippen LogP contribution in [-0.2, 0) is 4.79 Å². The molecule has 2 atom stereocenters. The summed E-state index contributed by atoms with van der Waals surface area (Å²) in [6, 6.07) is 0.317. The monoisotopic (exact) mass is 262 g/mol. The molecule has 4 heterocycles. The predicted molar refractivity (Wildman–Crippen MR) is 70.0 cm³/mol. The third-order valence-electron chi connectivity index (χ3n) is 4.04. The number of aromatic nitrogens is 2. The van der Waals surface area contributed by atoms with E-state index in [1.807, 2.05) is 0 Å². The Morgan fingerprint density at radius 2 is 2.21 bits per heavy atom. The zero-order valence-corrected chi connectivity index (χ0v) is 10.8. The molecule has 102 valence electrons. The standard InChI is InChI=1S/C13H18N4O2/c18-13(19)9-16-6-10-1-2-11(16)8-17(7-10)12-5-14-3-4-15-12/h3-5,10-11H,1-2,6-9H2,(H,18,19)/t10-,11-/m1/s1. The molecule has 19 heavy (non-hydrogen) atoms. The molecule has 0 saturated carbocycles. The molecular weight excluding hydrogens is 244 g/mol. The Morgan fingerprint density at radius 3 is 2.95 bits per heavy atom. The number of fused-ring (bicyclic) bond motifs is 4. The Bertz CT molecular complexity index is 453. The van der Waals surface area contributed by atoms with Crippen molar-refractivity contribution in [1.29, 1.82) is 0 Å². The minimum absolute atomic E-state index is 0.148. The second kappa shape index (κ2) is 5.13. The van der Waals surface area contributed by atoms with Gasteiger partial charge in [-0.2, -0.15) is 0 Å². The zero-order chi connectivity index (χ0) is 13.2. The van der Waals surface area contributed by atoms with Crippen LogP contribution in [0.2, 0.25) is 0 Å². The second-order valence-electron chi connectivity index (χ2n) is 5.39. The van der Waals surface area contributed by atoms with E-state index in [0.717, 1.165) is 31.9 Å². The number of nitrogens with zero attached hydrogens (tertiary/aromatic N) is 4. The highest BCUT2D eigenvalue weighted by Crippen LogP contribution is 2.29. The van der Waals surface area contributed by atoms with E-state index in [0.29, 0.717) is 12.0 Å². The Hall–Kier alpha value is -1.69. The van der Waals surface area contributed by atoms with E-state index < -0.39 is 5.97 Å². The number of rotatable bonds is 3. The summed E-state index contributed by atoms with van der Waals surface area (Å²) in [5.41, 5.74) is 0. The maximum atomic E-state index is 10.9. The van der Waals surface area contributed by atoms with Gasteiger partial charge in [0, 0.05) is 38.1 Å². The van der Waals surface area contributed by atoms with Gasteiger partial charge in [0.15, 0.2) is 0 Å². The van der Waals surface area contributed by atoms with E-state index in [1.165, 1.54) is 6.42 Å². The molecule has 3 aliphatic heterocycles. The van der Waals surface area contributed by atoms with E-state index in [9.17, 15) is 4.79 Å². The SMILES string of the molecule is O=C(O)CN1C[C@H]2CC[C@@H]1CN(c1cnccn1)C2. The highest BCUT2D eigenvalue weighted by molar-refractivity contribution is 5.69. The van der Waals surface area contributed by atoms with Gasteiger partial charge in [-0.1, -0.05) is 0 Å². The summed E-state index contributed by atoms with van der Waals surface area (Å²) < 4.78 is 0. The van der Waals surface area contributed by atoms with Gasteiger partial charge in [0.25, 0.3) is 0 Å². The summed E-state index contributed by atoms with van der Waals surface area (Å²) in [5.74, 6) is 0.690. The average Bonchev–Trinajstić information content (AvgIpc) is 2.70. The maximum Gasteiger partial charge on any atom is 0.317 e. The lowest BCUT2D eigenvalue weighted by molar-refractivity contribution is -0.139. The highest BCUT2D eigenvalue weighted by Gasteiger charge is 2.35. The lowest BCUT2D eigenvalue weighted by atomic mass is 9.95. The average molecular weight is 262 g/mol. The number of anilines is 1. The summed E-state index contributed by atoms with van der Waals surface area (Å²) in [7, 11) is 0. The molecule has 3 aliphatic rings. The molecule has 3 saturated heterocycles. The van der Waals surface area contributed by atoms with Crippen LogP contribution in [0, 0.1) is 5.92 Å². The third kappa shape index (κ3) is 2.68. The largest absolute Gasteiger partial charge is 0.480 e. The molecule has 1 N–H and O–H groups in total. The molecule has 1 aromatic heterocycles. The van der Waals surface area contributed by atoms with Crippen molar-refractivity contribution >= 4 is 11.8 Å². The smallest absolute Gasteiger partial charge is 0.317 e. The first-order valence-electron chi connectivity index (χ1n) is 6.69.